The summed E-state index contributed by atoms with van der Waals surface area (Å²) in [6.45, 7) is 1.62. The van der Waals surface area contributed by atoms with Crippen molar-refractivity contribution in [2.24, 2.45) is 0 Å². The molecule has 6 nitrogen and oxygen atoms in total. The first-order valence-corrected chi connectivity index (χ1v) is 8.52. The Labute approximate surface area is 159 Å². The lowest BCUT2D eigenvalue weighted by Gasteiger charge is -2.14. The molecular formula is C18H15Cl2NO5. The van der Waals surface area contributed by atoms with Gasteiger partial charge in [0.1, 0.15) is 0 Å². The van der Waals surface area contributed by atoms with Crippen molar-refractivity contribution in [1.82, 2.24) is 0 Å². The highest BCUT2D eigenvalue weighted by Gasteiger charge is 2.21. The third kappa shape index (κ3) is 4.20. The summed E-state index contributed by atoms with van der Waals surface area (Å²) < 4.78 is 15.6. The lowest BCUT2D eigenvalue weighted by Crippen LogP contribution is -2.30. The Morgan fingerprint density at radius 3 is 2.58 bits per heavy atom. The van der Waals surface area contributed by atoms with Crippen molar-refractivity contribution in [3.63, 3.8) is 0 Å². The number of carbonyl (C=O) groups excluding carboxylic acids is 2. The fraction of sp³-hybridized carbons (Fsp3) is 0.222. The second-order valence-corrected chi connectivity index (χ2v) is 6.38. The van der Waals surface area contributed by atoms with Crippen LogP contribution in [0.25, 0.3) is 0 Å². The zero-order valence-corrected chi connectivity index (χ0v) is 15.3. The minimum Gasteiger partial charge on any atom is -0.454 e. The number of hydrogen-bond donors (Lipinski definition) is 1. The minimum absolute atomic E-state index is 0.125. The Bertz CT molecular complexity index is 835. The van der Waals surface area contributed by atoms with Crippen LogP contribution in [0.15, 0.2) is 36.4 Å². The third-order valence-electron chi connectivity index (χ3n) is 3.70. The van der Waals surface area contributed by atoms with E-state index in [9.17, 15) is 9.59 Å². The van der Waals surface area contributed by atoms with Crippen LogP contribution in [0.2, 0.25) is 10.0 Å². The molecule has 1 N–H and O–H groups in total. The molecule has 0 aliphatic carbocycles. The van der Waals surface area contributed by atoms with Gasteiger partial charge in [0, 0.05) is 27.4 Å². The average molecular weight is 396 g/mol. The molecule has 136 valence electrons. The second kappa shape index (κ2) is 7.85. The molecule has 0 aromatic heterocycles. The van der Waals surface area contributed by atoms with Gasteiger partial charge in [-0.05, 0) is 31.2 Å². The summed E-state index contributed by atoms with van der Waals surface area (Å²) in [7, 11) is 0. The molecule has 0 fully saturated rings. The molecule has 1 atom stereocenters. The van der Waals surface area contributed by atoms with Crippen LogP contribution in [-0.4, -0.2) is 24.8 Å². The summed E-state index contributed by atoms with van der Waals surface area (Å²) in [5, 5.41) is 3.39. The Hall–Kier alpha value is -2.44. The smallest absolute Gasteiger partial charge is 0.311 e. The lowest BCUT2D eigenvalue weighted by atomic mass is 10.1. The largest absolute Gasteiger partial charge is 0.454 e. The van der Waals surface area contributed by atoms with E-state index in [0.29, 0.717) is 32.8 Å². The van der Waals surface area contributed by atoms with Crippen LogP contribution in [0.4, 0.5) is 5.69 Å². The first-order chi connectivity index (χ1) is 12.4. The third-order valence-corrected chi connectivity index (χ3v) is 4.41. The number of halogens is 2. The van der Waals surface area contributed by atoms with Gasteiger partial charge in [-0.1, -0.05) is 29.3 Å². The Morgan fingerprint density at radius 1 is 1.15 bits per heavy atom. The van der Waals surface area contributed by atoms with E-state index in [4.69, 9.17) is 37.4 Å². The summed E-state index contributed by atoms with van der Waals surface area (Å²) in [6, 6.07) is 9.94. The van der Waals surface area contributed by atoms with E-state index in [1.807, 2.05) is 0 Å². The monoisotopic (exact) mass is 395 g/mol. The topological polar surface area (TPSA) is 73.9 Å². The molecule has 8 heteroatoms. The van der Waals surface area contributed by atoms with Gasteiger partial charge in [0.25, 0.3) is 5.91 Å². The van der Waals surface area contributed by atoms with Crippen molar-refractivity contribution in [3.05, 3.63) is 52.0 Å². The molecule has 0 saturated carbocycles. The van der Waals surface area contributed by atoms with Crippen molar-refractivity contribution in [3.8, 4) is 11.5 Å². The number of ether oxygens (including phenoxy) is 3. The molecule has 0 saturated heterocycles. The molecular weight excluding hydrogens is 381 g/mol. The van der Waals surface area contributed by atoms with E-state index in [2.05, 4.69) is 5.32 Å². The second-order valence-electron chi connectivity index (χ2n) is 5.57. The summed E-state index contributed by atoms with van der Waals surface area (Å²) in [6.07, 6.45) is -1.12. The van der Waals surface area contributed by atoms with E-state index in [1.54, 1.807) is 36.4 Å². The van der Waals surface area contributed by atoms with Crippen molar-refractivity contribution >= 4 is 40.8 Å². The fourth-order valence-corrected chi connectivity index (χ4v) is 2.89. The molecule has 26 heavy (non-hydrogen) atoms. The van der Waals surface area contributed by atoms with Crippen molar-refractivity contribution in [2.45, 2.75) is 19.4 Å². The van der Waals surface area contributed by atoms with Gasteiger partial charge in [-0.2, -0.15) is 0 Å². The molecule has 0 spiro atoms. The van der Waals surface area contributed by atoms with Gasteiger partial charge in [0.2, 0.25) is 6.79 Å². The molecule has 1 aliphatic rings. The number of benzene rings is 2. The number of hydrogen-bond acceptors (Lipinski definition) is 5. The van der Waals surface area contributed by atoms with Crippen LogP contribution >= 0.6 is 23.2 Å². The molecule has 1 heterocycles. The summed E-state index contributed by atoms with van der Waals surface area (Å²) in [4.78, 5) is 24.3. The maximum absolute atomic E-state index is 12.2. The highest BCUT2D eigenvalue weighted by Crippen LogP contribution is 2.34. The summed E-state index contributed by atoms with van der Waals surface area (Å²) >= 11 is 12.1. The maximum Gasteiger partial charge on any atom is 0.311 e. The van der Waals surface area contributed by atoms with Gasteiger partial charge in [-0.25, -0.2) is 0 Å². The van der Waals surface area contributed by atoms with Crippen molar-refractivity contribution in [2.75, 3.05) is 12.1 Å². The van der Waals surface area contributed by atoms with Gasteiger partial charge >= 0.3 is 5.97 Å². The predicted octanol–water partition coefficient (Wildman–Crippen LogP) is 3.84. The molecule has 0 bridgehead atoms. The SMILES string of the molecule is C[C@H](OC(=O)Cc1c(Cl)cccc1Cl)C(=O)Nc1ccc2c(c1)OCO2. The number of nitrogens with one attached hydrogen (secondary N) is 1. The summed E-state index contributed by atoms with van der Waals surface area (Å²) in [5.41, 5.74) is 0.973. The van der Waals surface area contributed by atoms with E-state index >= 15 is 0 Å². The van der Waals surface area contributed by atoms with Crippen LogP contribution in [0, 0.1) is 0 Å². The highest BCUT2D eigenvalue weighted by atomic mass is 35.5. The number of rotatable bonds is 5. The van der Waals surface area contributed by atoms with Gasteiger partial charge in [-0.3, -0.25) is 9.59 Å². The van der Waals surface area contributed by atoms with Gasteiger partial charge in [-0.15, -0.1) is 0 Å². The van der Waals surface area contributed by atoms with Gasteiger partial charge in [0.05, 0.1) is 6.42 Å². The zero-order chi connectivity index (χ0) is 18.7. The van der Waals surface area contributed by atoms with Crippen LogP contribution in [0.3, 0.4) is 0 Å². The van der Waals surface area contributed by atoms with E-state index in [0.717, 1.165) is 0 Å². The molecule has 2 aromatic carbocycles. The highest BCUT2D eigenvalue weighted by molar-refractivity contribution is 6.36. The number of esters is 1. The fourth-order valence-electron chi connectivity index (χ4n) is 2.36. The lowest BCUT2D eigenvalue weighted by molar-refractivity contribution is -0.152. The normalized spacial score (nSPS) is 13.2. The van der Waals surface area contributed by atoms with Crippen molar-refractivity contribution < 1.29 is 23.8 Å². The van der Waals surface area contributed by atoms with E-state index in [1.165, 1.54) is 6.92 Å². The molecule has 0 unspecified atom stereocenters. The standard InChI is InChI=1S/C18H15Cl2NO5/c1-10(26-17(22)8-12-13(19)3-2-4-14(12)20)18(23)21-11-5-6-15-16(7-11)25-9-24-15/h2-7,10H,8-9H2,1H3,(H,21,23)/t10-/m0/s1. The van der Waals surface area contributed by atoms with Gasteiger partial charge < -0.3 is 19.5 Å². The van der Waals surface area contributed by atoms with Crippen molar-refractivity contribution in [1.29, 1.82) is 0 Å². The van der Waals surface area contributed by atoms with E-state index < -0.39 is 18.0 Å². The molecule has 0 radical (unpaired) electrons. The van der Waals surface area contributed by atoms with Crippen LogP contribution in [0.5, 0.6) is 11.5 Å². The molecule has 3 rings (SSSR count). The first kappa shape index (κ1) is 18.4. The Morgan fingerprint density at radius 2 is 1.85 bits per heavy atom. The molecule has 2 aromatic rings. The maximum atomic E-state index is 12.2. The number of carbonyl (C=O) groups is 2. The summed E-state index contributed by atoms with van der Waals surface area (Å²) in [5.74, 6) is 0.0794. The van der Waals surface area contributed by atoms with Gasteiger partial charge in [0.15, 0.2) is 17.6 Å². The molecule has 1 amide bonds. The Kier molecular flexibility index (Phi) is 5.54. The number of anilines is 1. The van der Waals surface area contributed by atoms with Crippen LogP contribution in [-0.2, 0) is 20.7 Å². The zero-order valence-electron chi connectivity index (χ0n) is 13.8. The number of amides is 1. The minimum atomic E-state index is -0.991. The predicted molar refractivity (Wildman–Crippen MR) is 96.9 cm³/mol. The quantitative estimate of drug-likeness (QED) is 0.778. The molecule has 1 aliphatic heterocycles. The average Bonchev–Trinajstić information content (AvgIpc) is 3.06. The van der Waals surface area contributed by atoms with E-state index in [-0.39, 0.29) is 13.2 Å². The Balaban J connectivity index is 1.58. The number of fused-ring (bicyclic) bond motifs is 1. The van der Waals surface area contributed by atoms with Crippen LogP contribution in [0.1, 0.15) is 12.5 Å². The van der Waals surface area contributed by atoms with Crippen LogP contribution < -0.4 is 14.8 Å². The first-order valence-electron chi connectivity index (χ1n) is 7.77.